The molecule has 1 aliphatic rings. The lowest BCUT2D eigenvalue weighted by Gasteiger charge is -2.52. The van der Waals surface area contributed by atoms with Crippen LogP contribution >= 0.6 is 0 Å². The van der Waals surface area contributed by atoms with Crippen molar-refractivity contribution in [2.45, 2.75) is 45.3 Å². The van der Waals surface area contributed by atoms with Crippen molar-refractivity contribution in [2.24, 2.45) is 5.41 Å². The summed E-state index contributed by atoms with van der Waals surface area (Å²) in [6.45, 7) is 7.98. The van der Waals surface area contributed by atoms with Gasteiger partial charge in [0.2, 0.25) is 0 Å². The summed E-state index contributed by atoms with van der Waals surface area (Å²) in [5.41, 5.74) is 1.23. The molecule has 3 heteroatoms. The summed E-state index contributed by atoms with van der Waals surface area (Å²) in [7, 11) is 0. The summed E-state index contributed by atoms with van der Waals surface area (Å²) < 4.78 is 5.74. The number of benzene rings is 1. The molecule has 1 saturated carbocycles. The first-order chi connectivity index (χ1) is 9.59. The molecule has 3 unspecified atom stereocenters. The molecule has 0 heterocycles. The Hall–Kier alpha value is -1.37. The van der Waals surface area contributed by atoms with Gasteiger partial charge in [0.25, 0.3) is 0 Å². The molecular weight excluding hydrogens is 248 g/mol. The van der Waals surface area contributed by atoms with E-state index in [0.717, 1.165) is 18.6 Å². The van der Waals surface area contributed by atoms with Crippen LogP contribution in [0.2, 0.25) is 0 Å². The number of nitrogens with zero attached hydrogens (tertiary/aromatic N) is 1. The maximum absolute atomic E-state index is 9.33. The summed E-state index contributed by atoms with van der Waals surface area (Å²) in [6, 6.07) is 12.8. The van der Waals surface area contributed by atoms with Crippen LogP contribution in [-0.4, -0.2) is 25.3 Å². The Morgan fingerprint density at radius 3 is 2.65 bits per heavy atom. The van der Waals surface area contributed by atoms with E-state index in [-0.39, 0.29) is 11.3 Å². The van der Waals surface area contributed by atoms with Gasteiger partial charge in [-0.05, 0) is 18.9 Å². The molecule has 0 radical (unpaired) electrons. The van der Waals surface area contributed by atoms with Crippen molar-refractivity contribution >= 4 is 0 Å². The Balaban J connectivity index is 1.88. The van der Waals surface area contributed by atoms with Crippen LogP contribution in [0.15, 0.2) is 30.3 Å². The van der Waals surface area contributed by atoms with E-state index in [0.29, 0.717) is 18.7 Å². The van der Waals surface area contributed by atoms with Crippen LogP contribution in [-0.2, 0) is 4.74 Å². The van der Waals surface area contributed by atoms with Crippen LogP contribution in [0, 0.1) is 16.7 Å². The lowest BCUT2D eigenvalue weighted by Crippen LogP contribution is -2.61. The number of nitrogens with one attached hydrogen (secondary N) is 1. The van der Waals surface area contributed by atoms with E-state index in [2.05, 4.69) is 25.2 Å². The van der Waals surface area contributed by atoms with Gasteiger partial charge in [0.15, 0.2) is 0 Å². The van der Waals surface area contributed by atoms with Crippen molar-refractivity contribution < 1.29 is 4.74 Å². The van der Waals surface area contributed by atoms with Gasteiger partial charge in [-0.25, -0.2) is 0 Å². The van der Waals surface area contributed by atoms with Gasteiger partial charge in [0.1, 0.15) is 0 Å². The van der Waals surface area contributed by atoms with Gasteiger partial charge in [-0.3, -0.25) is 0 Å². The molecule has 1 aliphatic carbocycles. The number of hydrogen-bond donors (Lipinski definition) is 1. The number of hydrogen-bond acceptors (Lipinski definition) is 3. The standard InChI is InChI=1S/C17H24N2O/c1-4-20-16-10-15(17(16,2)3)19-12-14(11-18)13-8-6-5-7-9-13/h5-9,14-16,19H,4,10,12H2,1-3H3. The van der Waals surface area contributed by atoms with Gasteiger partial charge in [-0.2, -0.15) is 5.26 Å². The average molecular weight is 272 g/mol. The van der Waals surface area contributed by atoms with Crippen molar-refractivity contribution in [3.05, 3.63) is 35.9 Å². The molecule has 1 fully saturated rings. The Morgan fingerprint density at radius 1 is 1.40 bits per heavy atom. The first-order valence-corrected chi connectivity index (χ1v) is 7.39. The van der Waals surface area contributed by atoms with Gasteiger partial charge in [-0.15, -0.1) is 0 Å². The highest BCUT2D eigenvalue weighted by atomic mass is 16.5. The van der Waals surface area contributed by atoms with E-state index in [9.17, 15) is 5.26 Å². The zero-order valence-electron chi connectivity index (χ0n) is 12.6. The lowest BCUT2D eigenvalue weighted by atomic mass is 9.64. The highest BCUT2D eigenvalue weighted by Gasteiger charge is 2.48. The molecule has 0 aliphatic heterocycles. The highest BCUT2D eigenvalue weighted by Crippen LogP contribution is 2.42. The fourth-order valence-electron chi connectivity index (χ4n) is 2.90. The van der Waals surface area contributed by atoms with Crippen molar-refractivity contribution in [3.8, 4) is 6.07 Å². The second kappa shape index (κ2) is 6.39. The number of nitriles is 1. The predicted molar refractivity (Wildman–Crippen MR) is 80.4 cm³/mol. The maximum Gasteiger partial charge on any atom is 0.0837 e. The molecule has 1 aromatic rings. The molecule has 0 saturated heterocycles. The van der Waals surface area contributed by atoms with Crippen LogP contribution in [0.25, 0.3) is 0 Å². The monoisotopic (exact) mass is 272 g/mol. The maximum atomic E-state index is 9.33. The third-order valence-corrected chi connectivity index (χ3v) is 4.47. The first-order valence-electron chi connectivity index (χ1n) is 7.39. The number of rotatable bonds is 6. The molecule has 108 valence electrons. The van der Waals surface area contributed by atoms with Crippen molar-refractivity contribution in [3.63, 3.8) is 0 Å². The fraction of sp³-hybridized carbons (Fsp3) is 0.588. The molecule has 3 atom stereocenters. The molecule has 1 N–H and O–H groups in total. The van der Waals surface area contributed by atoms with Crippen LogP contribution in [0.5, 0.6) is 0 Å². The largest absolute Gasteiger partial charge is 0.378 e. The minimum Gasteiger partial charge on any atom is -0.378 e. The minimum atomic E-state index is -0.0851. The zero-order chi connectivity index (χ0) is 14.6. The molecule has 20 heavy (non-hydrogen) atoms. The third-order valence-electron chi connectivity index (χ3n) is 4.47. The topological polar surface area (TPSA) is 45.0 Å². The van der Waals surface area contributed by atoms with Gasteiger partial charge in [0, 0.05) is 24.6 Å². The van der Waals surface area contributed by atoms with E-state index < -0.39 is 0 Å². The molecular formula is C17H24N2O. The second-order valence-electron chi connectivity index (χ2n) is 6.05. The van der Waals surface area contributed by atoms with Crippen molar-refractivity contribution in [1.82, 2.24) is 5.32 Å². The summed E-state index contributed by atoms with van der Waals surface area (Å²) in [5, 5.41) is 12.9. The van der Waals surface area contributed by atoms with E-state index in [1.165, 1.54) is 0 Å². The first kappa shape index (κ1) is 15.0. The molecule has 1 aromatic carbocycles. The van der Waals surface area contributed by atoms with Crippen LogP contribution in [0.3, 0.4) is 0 Å². The van der Waals surface area contributed by atoms with E-state index in [1.54, 1.807) is 0 Å². The molecule has 0 spiro atoms. The Kier molecular flexibility index (Phi) is 4.80. The molecule has 0 amide bonds. The summed E-state index contributed by atoms with van der Waals surface area (Å²) >= 11 is 0. The third kappa shape index (κ3) is 3.03. The Bertz CT molecular complexity index is 464. The second-order valence-corrected chi connectivity index (χ2v) is 6.05. The minimum absolute atomic E-state index is 0.0851. The summed E-state index contributed by atoms with van der Waals surface area (Å²) in [5.74, 6) is -0.0851. The van der Waals surface area contributed by atoms with Crippen molar-refractivity contribution in [1.29, 1.82) is 5.26 Å². The van der Waals surface area contributed by atoms with Gasteiger partial charge in [-0.1, -0.05) is 44.2 Å². The SMILES string of the molecule is CCOC1CC(NCC(C#N)c2ccccc2)C1(C)C. The summed E-state index contributed by atoms with van der Waals surface area (Å²) in [6.07, 6.45) is 1.37. The van der Waals surface area contributed by atoms with Crippen LogP contribution < -0.4 is 5.32 Å². The normalized spacial score (nSPS) is 25.5. The average Bonchev–Trinajstić information content (AvgIpc) is 2.47. The number of ether oxygens (including phenoxy) is 1. The summed E-state index contributed by atoms with van der Waals surface area (Å²) in [4.78, 5) is 0. The lowest BCUT2D eigenvalue weighted by molar-refractivity contribution is -0.114. The molecule has 0 aromatic heterocycles. The predicted octanol–water partition coefficient (Wildman–Crippen LogP) is 3.09. The van der Waals surface area contributed by atoms with E-state index in [1.807, 2.05) is 37.3 Å². The van der Waals surface area contributed by atoms with Gasteiger partial charge >= 0.3 is 0 Å². The fourth-order valence-corrected chi connectivity index (χ4v) is 2.90. The smallest absolute Gasteiger partial charge is 0.0837 e. The van der Waals surface area contributed by atoms with Crippen LogP contribution in [0.4, 0.5) is 0 Å². The van der Waals surface area contributed by atoms with Crippen molar-refractivity contribution in [2.75, 3.05) is 13.2 Å². The Labute approximate surface area is 121 Å². The molecule has 3 nitrogen and oxygen atoms in total. The molecule has 2 rings (SSSR count). The highest BCUT2D eigenvalue weighted by molar-refractivity contribution is 5.25. The van der Waals surface area contributed by atoms with Gasteiger partial charge in [0.05, 0.1) is 18.1 Å². The van der Waals surface area contributed by atoms with E-state index >= 15 is 0 Å². The zero-order valence-corrected chi connectivity index (χ0v) is 12.6. The Morgan fingerprint density at radius 2 is 2.10 bits per heavy atom. The quantitative estimate of drug-likeness (QED) is 0.865. The van der Waals surface area contributed by atoms with Crippen LogP contribution in [0.1, 0.15) is 38.7 Å². The van der Waals surface area contributed by atoms with E-state index in [4.69, 9.17) is 4.74 Å². The molecule has 0 bridgehead atoms. The van der Waals surface area contributed by atoms with Gasteiger partial charge < -0.3 is 10.1 Å².